The number of likely N-dealkylation sites (tertiary alicyclic amines) is 1. The topological polar surface area (TPSA) is 27.6 Å². The van der Waals surface area contributed by atoms with E-state index in [0.29, 0.717) is 5.92 Å². The molecule has 31 heavy (non-hydrogen) atoms. The number of benzene rings is 2. The van der Waals surface area contributed by atoms with Gasteiger partial charge in [-0.25, -0.2) is 0 Å². The van der Waals surface area contributed by atoms with Gasteiger partial charge in [-0.3, -0.25) is 0 Å². The van der Waals surface area contributed by atoms with Crippen molar-refractivity contribution in [2.24, 2.45) is 11.0 Å². The van der Waals surface area contributed by atoms with Gasteiger partial charge in [0.15, 0.2) is 0 Å². The maximum Gasteiger partial charge on any atom is 0.0883 e. The van der Waals surface area contributed by atoms with Crippen LogP contribution in [0.1, 0.15) is 44.8 Å². The Morgan fingerprint density at radius 1 is 1.06 bits per heavy atom. The summed E-state index contributed by atoms with van der Waals surface area (Å²) < 4.78 is 0. The van der Waals surface area contributed by atoms with Crippen molar-refractivity contribution in [1.29, 1.82) is 0 Å². The van der Waals surface area contributed by atoms with Gasteiger partial charge in [-0.1, -0.05) is 74.5 Å². The minimum Gasteiger partial charge on any atom is -0.374 e. The largest absolute Gasteiger partial charge is 0.374 e. The van der Waals surface area contributed by atoms with Crippen molar-refractivity contribution in [3.63, 3.8) is 0 Å². The van der Waals surface area contributed by atoms with Gasteiger partial charge in [-0.15, -0.1) is 0 Å². The fourth-order valence-corrected chi connectivity index (χ4v) is 5.09. The van der Waals surface area contributed by atoms with Crippen LogP contribution in [-0.4, -0.2) is 29.7 Å². The van der Waals surface area contributed by atoms with Gasteiger partial charge in [0, 0.05) is 37.3 Å². The Hall–Kier alpha value is -3.07. The van der Waals surface area contributed by atoms with Gasteiger partial charge < -0.3 is 10.3 Å². The summed E-state index contributed by atoms with van der Waals surface area (Å²) in [5, 5.41) is 4.73. The van der Waals surface area contributed by atoms with Crippen molar-refractivity contribution in [3.05, 3.63) is 94.7 Å². The zero-order chi connectivity index (χ0) is 21.2. The van der Waals surface area contributed by atoms with Crippen LogP contribution in [0.5, 0.6) is 0 Å². The Balaban J connectivity index is 0.00000245. The Labute approximate surface area is 187 Å². The molecule has 2 aromatic rings. The lowest BCUT2D eigenvalue weighted by atomic mass is 9.80. The molecule has 0 bridgehead atoms. The molecule has 160 valence electrons. The number of fused-ring (bicyclic) bond motifs is 1. The zero-order valence-electron chi connectivity index (χ0n) is 18.5. The van der Waals surface area contributed by atoms with Gasteiger partial charge in [0.05, 0.1) is 11.8 Å². The molecule has 0 radical (unpaired) electrons. The van der Waals surface area contributed by atoms with E-state index in [1.54, 1.807) is 0 Å². The van der Waals surface area contributed by atoms with Gasteiger partial charge >= 0.3 is 0 Å². The third-order valence-electron chi connectivity index (χ3n) is 6.79. The lowest BCUT2D eigenvalue weighted by Gasteiger charge is -2.36. The summed E-state index contributed by atoms with van der Waals surface area (Å²) in [7, 11) is 0. The number of rotatable bonds is 5. The molecular weight excluding hydrogens is 378 g/mol. The van der Waals surface area contributed by atoms with E-state index in [1.165, 1.54) is 46.4 Å². The summed E-state index contributed by atoms with van der Waals surface area (Å²) in [4.78, 5) is 2.62. The van der Waals surface area contributed by atoms with Crippen LogP contribution >= 0.6 is 0 Å². The number of nitrogens with one attached hydrogen (secondary N) is 1. The van der Waals surface area contributed by atoms with Crippen LogP contribution < -0.4 is 5.43 Å². The predicted octanol–water partition coefficient (Wildman–Crippen LogP) is 5.92. The Kier molecular flexibility index (Phi) is 5.50. The van der Waals surface area contributed by atoms with Crippen LogP contribution in [0.4, 0.5) is 0 Å². The molecule has 0 aromatic heterocycles. The number of hydrogen-bond donors (Lipinski definition) is 1. The molecule has 2 aliphatic heterocycles. The van der Waals surface area contributed by atoms with Crippen molar-refractivity contribution in [3.8, 4) is 0 Å². The smallest absolute Gasteiger partial charge is 0.0883 e. The van der Waals surface area contributed by atoms with Crippen LogP contribution in [0, 0.1) is 5.92 Å². The molecule has 1 N–H and O–H groups in total. The first-order chi connectivity index (χ1) is 15.2. The van der Waals surface area contributed by atoms with Crippen molar-refractivity contribution >= 4 is 17.4 Å². The third-order valence-corrected chi connectivity index (χ3v) is 6.79. The Morgan fingerprint density at radius 3 is 2.65 bits per heavy atom. The van der Waals surface area contributed by atoms with E-state index in [1.807, 2.05) is 0 Å². The fourth-order valence-electron chi connectivity index (χ4n) is 5.09. The van der Waals surface area contributed by atoms with E-state index in [0.717, 1.165) is 25.2 Å². The van der Waals surface area contributed by atoms with E-state index in [2.05, 4.69) is 97.0 Å². The van der Waals surface area contributed by atoms with E-state index in [9.17, 15) is 0 Å². The number of allylic oxidation sites excluding steroid dienone is 3. The second kappa shape index (κ2) is 8.58. The van der Waals surface area contributed by atoms with Crippen molar-refractivity contribution in [2.45, 2.75) is 39.2 Å². The van der Waals surface area contributed by atoms with Gasteiger partial charge in [-0.2, -0.15) is 5.10 Å². The molecule has 0 spiro atoms. The molecule has 3 heteroatoms. The Bertz CT molecular complexity index is 1070. The van der Waals surface area contributed by atoms with Crippen molar-refractivity contribution < 1.29 is 1.43 Å². The van der Waals surface area contributed by atoms with Gasteiger partial charge in [0.2, 0.25) is 0 Å². The van der Waals surface area contributed by atoms with E-state index < -0.39 is 0 Å². The zero-order valence-corrected chi connectivity index (χ0v) is 18.5. The number of hydrazone groups is 1. The fraction of sp³-hybridized carbons (Fsp3) is 0.321. The predicted molar refractivity (Wildman–Crippen MR) is 133 cm³/mol. The van der Waals surface area contributed by atoms with Crippen molar-refractivity contribution in [2.75, 3.05) is 13.1 Å². The maximum atomic E-state index is 4.73. The molecule has 2 unspecified atom stereocenters. The quantitative estimate of drug-likeness (QED) is 0.661. The lowest BCUT2D eigenvalue weighted by Crippen LogP contribution is -2.39. The monoisotopic (exact) mass is 411 g/mol. The molecule has 5 rings (SSSR count). The number of hydrogen-bond acceptors (Lipinski definition) is 3. The van der Waals surface area contributed by atoms with Gasteiger partial charge in [0.1, 0.15) is 0 Å². The van der Waals surface area contributed by atoms with Crippen LogP contribution in [0.25, 0.3) is 11.6 Å². The maximum absolute atomic E-state index is 4.73. The van der Waals surface area contributed by atoms with Gasteiger partial charge in [0.25, 0.3) is 0 Å². The molecule has 3 nitrogen and oxygen atoms in total. The summed E-state index contributed by atoms with van der Waals surface area (Å²) >= 11 is 0. The van der Waals surface area contributed by atoms with Gasteiger partial charge in [-0.05, 0) is 48.1 Å². The average molecular weight is 412 g/mol. The normalized spacial score (nSPS) is 23.1. The number of nitrogens with zero attached hydrogens (tertiary/aromatic N) is 2. The molecule has 1 saturated heterocycles. The summed E-state index contributed by atoms with van der Waals surface area (Å²) in [6, 6.07) is 19.8. The molecule has 1 aliphatic carbocycles. The molecule has 1 fully saturated rings. The third kappa shape index (κ3) is 3.85. The average Bonchev–Trinajstić information content (AvgIpc) is 3.49. The molecule has 0 saturated carbocycles. The highest BCUT2D eigenvalue weighted by Crippen LogP contribution is 2.40. The minimum atomic E-state index is 0. The highest BCUT2D eigenvalue weighted by Gasteiger charge is 2.38. The first kappa shape index (κ1) is 19.9. The first-order valence-corrected chi connectivity index (χ1v) is 11.6. The molecule has 2 heterocycles. The van der Waals surface area contributed by atoms with Crippen molar-refractivity contribution in [1.82, 2.24) is 10.3 Å². The Morgan fingerprint density at radius 2 is 1.87 bits per heavy atom. The van der Waals surface area contributed by atoms with Crippen LogP contribution in [0.2, 0.25) is 0 Å². The molecule has 0 amide bonds. The highest BCUT2D eigenvalue weighted by atomic mass is 15.3. The van der Waals surface area contributed by atoms with Crippen LogP contribution in [0.15, 0.2) is 83.1 Å². The van der Waals surface area contributed by atoms with Crippen LogP contribution in [0.3, 0.4) is 0 Å². The van der Waals surface area contributed by atoms with Crippen LogP contribution in [-0.2, 0) is 6.42 Å². The highest BCUT2D eigenvalue weighted by molar-refractivity contribution is 6.14. The molecule has 2 atom stereocenters. The second-order valence-electron chi connectivity index (χ2n) is 8.78. The second-order valence-corrected chi connectivity index (χ2v) is 8.78. The van der Waals surface area contributed by atoms with E-state index in [-0.39, 0.29) is 7.47 Å². The van der Waals surface area contributed by atoms with E-state index >= 15 is 0 Å². The summed E-state index contributed by atoms with van der Waals surface area (Å²) in [6.45, 7) is 6.91. The SMILES string of the molecule is CCc1cccc(C2=C(N3CCCC3)C(C)C3NN=C(/C=C/c4ccccc4)C3=C2)c1.[HH]. The molecule has 3 aliphatic rings. The standard InChI is InChI=1S/C28H31N3.H2/c1-3-21-12-9-13-23(18-21)24-19-25-26(15-14-22-10-5-4-6-11-22)29-30-27(25)20(2)28(24)31-16-7-8-17-31;/h4-6,9-15,18-20,27,30H,3,7-8,16-17H2,1-2H3;1H/b15-14+;. The molecule has 2 aromatic carbocycles. The summed E-state index contributed by atoms with van der Waals surface area (Å²) in [6.07, 6.45) is 10.3. The minimum absolute atomic E-state index is 0. The molecular formula is C28H33N3. The summed E-state index contributed by atoms with van der Waals surface area (Å²) in [5.41, 5.74) is 12.6. The summed E-state index contributed by atoms with van der Waals surface area (Å²) in [5.74, 6) is 0.379. The first-order valence-electron chi connectivity index (χ1n) is 11.6. The lowest BCUT2D eigenvalue weighted by molar-refractivity contribution is 0.342. The number of aryl methyl sites for hydroxylation is 1. The van der Waals surface area contributed by atoms with E-state index in [4.69, 9.17) is 5.10 Å².